The van der Waals surface area contributed by atoms with Crippen molar-refractivity contribution in [2.45, 2.75) is 25.4 Å². The van der Waals surface area contributed by atoms with Crippen molar-refractivity contribution >= 4 is 78.4 Å². The van der Waals surface area contributed by atoms with Crippen molar-refractivity contribution in [1.82, 2.24) is 25.3 Å². The van der Waals surface area contributed by atoms with Crippen LogP contribution in [0.1, 0.15) is 31.7 Å². The fourth-order valence-corrected chi connectivity index (χ4v) is 2.75. The first-order valence-electron chi connectivity index (χ1n) is 9.33. The summed E-state index contributed by atoms with van der Waals surface area (Å²) in [5.74, 6) is -3.16. The fourth-order valence-electron chi connectivity index (χ4n) is 2.75. The van der Waals surface area contributed by atoms with Crippen molar-refractivity contribution in [3.05, 3.63) is 52.1 Å². The molecule has 2 aromatic heterocycles. The third-order valence-electron chi connectivity index (χ3n) is 4.36. The summed E-state index contributed by atoms with van der Waals surface area (Å²) in [5.41, 5.74) is 6.47. The van der Waals surface area contributed by atoms with E-state index in [2.05, 4.69) is 30.6 Å². The number of nitrogen functional groups attached to an aromatic ring is 1. The topological polar surface area (TPSA) is 213 Å². The third-order valence-corrected chi connectivity index (χ3v) is 4.36. The average molecular weight is 483 g/mol. The molecule has 1 aromatic carbocycles. The quantitative estimate of drug-likeness (QED) is 0.219. The summed E-state index contributed by atoms with van der Waals surface area (Å²) >= 11 is 0. The number of H-pyrrole nitrogens is 1. The average Bonchev–Trinajstić information content (AvgIpc) is 2.75. The number of rotatable bonds is 9. The molecule has 0 aliphatic carbocycles. The van der Waals surface area contributed by atoms with E-state index in [1.165, 1.54) is 18.3 Å². The van der Waals surface area contributed by atoms with Crippen LogP contribution in [-0.4, -0.2) is 91.8 Å². The van der Waals surface area contributed by atoms with Crippen LogP contribution >= 0.6 is 0 Å². The summed E-state index contributed by atoms with van der Waals surface area (Å²) in [4.78, 5) is 60.6. The zero-order chi connectivity index (χ0) is 23.3. The Hall–Kier alpha value is -3.29. The summed E-state index contributed by atoms with van der Waals surface area (Å²) in [6.07, 6.45) is 0.840. The number of benzene rings is 1. The van der Waals surface area contributed by atoms with Crippen molar-refractivity contribution < 1.29 is 27.4 Å². The Labute approximate surface area is 218 Å². The monoisotopic (exact) mass is 483 g/mol. The maximum absolute atomic E-state index is 12.3. The van der Waals surface area contributed by atoms with E-state index in [4.69, 9.17) is 15.9 Å². The molecule has 0 aliphatic rings. The number of aromatic nitrogens is 4. The predicted octanol–water partition coefficient (Wildman–Crippen LogP) is -0.201. The third kappa shape index (κ3) is 7.10. The molecule has 1 atom stereocenters. The molecule has 2 heterocycles. The smallest absolute Gasteiger partial charge is 1.00 e. The first-order chi connectivity index (χ1) is 15.2. The van der Waals surface area contributed by atoms with E-state index < -0.39 is 29.4 Å². The van der Waals surface area contributed by atoms with Gasteiger partial charge in [0.15, 0.2) is 11.2 Å². The van der Waals surface area contributed by atoms with E-state index >= 15 is 0 Å². The van der Waals surface area contributed by atoms with Gasteiger partial charge in [0.05, 0.1) is 18.4 Å². The summed E-state index contributed by atoms with van der Waals surface area (Å²) in [6.45, 7) is 0.231. The van der Waals surface area contributed by atoms with Crippen LogP contribution in [0.15, 0.2) is 35.3 Å². The Bertz CT molecular complexity index is 1240. The molecule has 0 radical (unpaired) electrons. The number of amides is 1. The molecule has 14 heteroatoms. The Kier molecular flexibility index (Phi) is 9.08. The Balaban J connectivity index is 0.00000385. The van der Waals surface area contributed by atoms with Crippen LogP contribution in [0.2, 0.25) is 0 Å². The molecule has 0 fully saturated rings. The first kappa shape index (κ1) is 26.0. The van der Waals surface area contributed by atoms with Gasteiger partial charge in [-0.2, -0.15) is 4.98 Å². The van der Waals surface area contributed by atoms with Gasteiger partial charge in [-0.1, -0.05) is 0 Å². The second kappa shape index (κ2) is 11.5. The second-order valence-corrected chi connectivity index (χ2v) is 6.71. The number of carbonyl (C=O) groups is 3. The number of carboxylic acids is 2. The number of fused-ring (bicyclic) bond motifs is 1. The van der Waals surface area contributed by atoms with Crippen molar-refractivity contribution in [3.63, 3.8) is 0 Å². The van der Waals surface area contributed by atoms with Gasteiger partial charge in [0.2, 0.25) is 5.95 Å². The molecule has 0 spiro atoms. The maximum atomic E-state index is 12.3. The maximum Gasteiger partial charge on any atom is 2.00 e. The fraction of sp³-hybridized carbons (Fsp3) is 0.211. The van der Waals surface area contributed by atoms with Crippen molar-refractivity contribution in [1.29, 1.82) is 0 Å². The summed E-state index contributed by atoms with van der Waals surface area (Å²) in [7, 11) is 0. The number of carboxylic acid groups (broad SMARTS) is 2. The minimum Gasteiger partial charge on any atom is -1.00 e. The van der Waals surface area contributed by atoms with Crippen LogP contribution in [0.3, 0.4) is 0 Å². The van der Waals surface area contributed by atoms with Crippen LogP contribution in [-0.2, 0) is 16.1 Å². The van der Waals surface area contributed by atoms with Gasteiger partial charge in [-0.3, -0.25) is 19.4 Å². The number of nitrogens with zero attached hydrogens (tertiary/aromatic N) is 3. The number of hydrogen-bond donors (Lipinski definition) is 6. The molecule has 0 saturated heterocycles. The van der Waals surface area contributed by atoms with Crippen LogP contribution in [0.4, 0.5) is 11.6 Å². The first-order valence-corrected chi connectivity index (χ1v) is 9.33. The van der Waals surface area contributed by atoms with Crippen molar-refractivity contribution in [2.75, 3.05) is 11.1 Å². The largest absolute Gasteiger partial charge is 2.00 e. The number of nitrogens with two attached hydrogens (primary N) is 1. The Morgan fingerprint density at radius 2 is 1.85 bits per heavy atom. The zero-order valence-electron chi connectivity index (χ0n) is 19.2. The molecule has 0 aliphatic heterocycles. The normalized spacial score (nSPS) is 11.3. The number of nitrogens with one attached hydrogen (secondary N) is 3. The molecular weight excluding hydrogens is 462 g/mol. The van der Waals surface area contributed by atoms with E-state index in [1.807, 2.05) is 0 Å². The van der Waals surface area contributed by atoms with Gasteiger partial charge in [0.25, 0.3) is 11.5 Å². The molecule has 33 heavy (non-hydrogen) atoms. The molecule has 3 rings (SSSR count). The number of aliphatic carboxylic acids is 2. The van der Waals surface area contributed by atoms with E-state index in [-0.39, 0.29) is 82.7 Å². The molecular formula is C19H21CaN7O6. The van der Waals surface area contributed by atoms with Crippen molar-refractivity contribution in [2.24, 2.45) is 0 Å². The van der Waals surface area contributed by atoms with Gasteiger partial charge in [-0.05, 0) is 30.7 Å². The van der Waals surface area contributed by atoms with Crippen LogP contribution in [0, 0.1) is 0 Å². The Morgan fingerprint density at radius 3 is 2.48 bits per heavy atom. The standard InChI is InChI=1S/C19H19N7O6.Ca.2H/c20-19-25-15-14(17(30)26-19)23-11(8-22-15)7-21-10-3-1-9(2-4-10)16(29)24-12(18(31)32)5-6-13(27)28;;;/h1-4,8,12,21H,5-7H2,(H,24,29)(H,27,28)(H,31,32)(H3,20,22,25,26,30);;;/q;+2;2*-1. The molecule has 0 bridgehead atoms. The zero-order valence-corrected chi connectivity index (χ0v) is 19.4. The number of hydrogen-bond acceptors (Lipinski definition) is 9. The summed E-state index contributed by atoms with van der Waals surface area (Å²) in [5, 5.41) is 23.2. The van der Waals surface area contributed by atoms with Gasteiger partial charge in [0, 0.05) is 17.7 Å². The summed E-state index contributed by atoms with van der Waals surface area (Å²) in [6, 6.07) is 4.86. The van der Waals surface area contributed by atoms with Gasteiger partial charge < -0.3 is 29.4 Å². The number of carbonyl (C=O) groups excluding carboxylic acids is 1. The van der Waals surface area contributed by atoms with E-state index in [0.717, 1.165) is 0 Å². The molecule has 13 nitrogen and oxygen atoms in total. The van der Waals surface area contributed by atoms with Gasteiger partial charge in [0.1, 0.15) is 6.04 Å². The second-order valence-electron chi connectivity index (χ2n) is 6.71. The van der Waals surface area contributed by atoms with Crippen LogP contribution in [0.25, 0.3) is 11.2 Å². The van der Waals surface area contributed by atoms with Gasteiger partial charge >= 0.3 is 49.7 Å². The SMILES string of the molecule is Nc1nc2ncc(CNc3ccc(C(=O)NC(CCC(=O)O)C(=O)O)cc3)nc2c(=O)[nH]1.[Ca+2].[H-].[H-]. The van der Waals surface area contributed by atoms with E-state index in [0.29, 0.717) is 11.4 Å². The predicted molar refractivity (Wildman–Crippen MR) is 120 cm³/mol. The molecule has 7 N–H and O–H groups in total. The molecule has 170 valence electrons. The Morgan fingerprint density at radius 1 is 1.15 bits per heavy atom. The van der Waals surface area contributed by atoms with Gasteiger partial charge in [-0.15, -0.1) is 0 Å². The molecule has 1 amide bonds. The van der Waals surface area contributed by atoms with Gasteiger partial charge in [-0.25, -0.2) is 14.8 Å². The van der Waals surface area contributed by atoms with E-state index in [9.17, 15) is 19.2 Å². The van der Waals surface area contributed by atoms with Crippen molar-refractivity contribution in [3.8, 4) is 0 Å². The number of anilines is 2. The van der Waals surface area contributed by atoms with Crippen LogP contribution < -0.4 is 21.9 Å². The molecule has 1 unspecified atom stereocenters. The molecule has 0 saturated carbocycles. The number of aromatic amines is 1. The minimum atomic E-state index is -1.31. The minimum absolute atomic E-state index is 0. The van der Waals surface area contributed by atoms with E-state index in [1.54, 1.807) is 12.1 Å². The molecule has 3 aromatic rings. The van der Waals surface area contributed by atoms with Crippen LogP contribution in [0.5, 0.6) is 0 Å². The summed E-state index contributed by atoms with van der Waals surface area (Å²) < 4.78 is 0.